The van der Waals surface area contributed by atoms with Crippen molar-refractivity contribution in [1.82, 2.24) is 25.2 Å². The molecule has 1 saturated heterocycles. The lowest BCUT2D eigenvalue weighted by Crippen LogP contribution is -2.47. The number of rotatable bonds is 7. The van der Waals surface area contributed by atoms with E-state index in [2.05, 4.69) is 20.7 Å². The van der Waals surface area contributed by atoms with Crippen LogP contribution in [0, 0.1) is 17.8 Å². The summed E-state index contributed by atoms with van der Waals surface area (Å²) in [6.07, 6.45) is -3.12. The Morgan fingerprint density at radius 3 is 2.59 bits per heavy atom. The standard InChI is InChI=1S/C25H31F5N6O3/c1-35(16-2-3-16)19-10-20-32-18(21(33-23(38)39)13-4-6-24(26,27)7-5-13)12-36(20)34-17(19)9-14-8-15(25(28,29)30)11-31-22(14)37/h10,12-16,21,33H,2-9,11H2,1H3,(H,31,37)(H,38,39)/t14?,15-,21+/m1/s1. The summed E-state index contributed by atoms with van der Waals surface area (Å²) in [4.78, 5) is 30.6. The normalized spacial score (nSPS) is 24.8. The van der Waals surface area contributed by atoms with Crippen molar-refractivity contribution in [3.8, 4) is 0 Å². The predicted octanol–water partition coefficient (Wildman–Crippen LogP) is 4.32. The Morgan fingerprint density at radius 1 is 1.28 bits per heavy atom. The van der Waals surface area contributed by atoms with Crippen molar-refractivity contribution in [3.63, 3.8) is 0 Å². The van der Waals surface area contributed by atoms with Crippen molar-refractivity contribution in [2.75, 3.05) is 18.5 Å². The zero-order valence-electron chi connectivity index (χ0n) is 21.3. The van der Waals surface area contributed by atoms with Crippen LogP contribution in [0.3, 0.4) is 0 Å². The number of nitrogens with zero attached hydrogens (tertiary/aromatic N) is 4. The number of alkyl halides is 5. The number of piperidine rings is 1. The van der Waals surface area contributed by atoms with Crippen LogP contribution in [0.5, 0.6) is 0 Å². The first-order valence-corrected chi connectivity index (χ1v) is 13.1. The van der Waals surface area contributed by atoms with Crippen molar-refractivity contribution in [3.05, 3.63) is 23.7 Å². The number of halogens is 5. The molecule has 9 nitrogen and oxygen atoms in total. The van der Waals surface area contributed by atoms with Gasteiger partial charge in [0.2, 0.25) is 11.8 Å². The fourth-order valence-electron chi connectivity index (χ4n) is 5.75. The summed E-state index contributed by atoms with van der Waals surface area (Å²) in [5.74, 6) is -6.18. The van der Waals surface area contributed by atoms with Gasteiger partial charge in [0.05, 0.1) is 35.2 Å². The number of hydrogen-bond donors (Lipinski definition) is 3. The van der Waals surface area contributed by atoms with Crippen LogP contribution in [0.25, 0.3) is 5.65 Å². The molecule has 0 spiro atoms. The molecule has 2 aromatic heterocycles. The van der Waals surface area contributed by atoms with Gasteiger partial charge < -0.3 is 20.6 Å². The van der Waals surface area contributed by atoms with Crippen LogP contribution < -0.4 is 15.5 Å². The summed E-state index contributed by atoms with van der Waals surface area (Å²) in [7, 11) is 1.86. The molecular weight excluding hydrogens is 527 g/mol. The largest absolute Gasteiger partial charge is 0.465 e. The second-order valence-corrected chi connectivity index (χ2v) is 11.0. The van der Waals surface area contributed by atoms with E-state index in [4.69, 9.17) is 0 Å². The zero-order valence-corrected chi connectivity index (χ0v) is 21.3. The zero-order chi connectivity index (χ0) is 28.1. The summed E-state index contributed by atoms with van der Waals surface area (Å²) in [6, 6.07) is 1.14. The number of anilines is 1. The highest BCUT2D eigenvalue weighted by Crippen LogP contribution is 2.42. The Labute approximate surface area is 221 Å². The van der Waals surface area contributed by atoms with E-state index in [1.807, 2.05) is 11.9 Å². The first-order valence-electron chi connectivity index (χ1n) is 13.1. The number of aromatic nitrogens is 3. The van der Waals surface area contributed by atoms with Crippen LogP contribution in [0.2, 0.25) is 0 Å². The van der Waals surface area contributed by atoms with Gasteiger partial charge in [-0.2, -0.15) is 18.3 Å². The molecule has 3 atom stereocenters. The SMILES string of the molecule is CN(c1cc2nc([C@@H](NC(=O)O)C3CCC(F)(F)CC3)cn2nc1CC1C[C@@H](C(F)(F)F)CNC1=O)C1CC1. The molecule has 5 rings (SSSR count). The van der Waals surface area contributed by atoms with Crippen LogP contribution in [0.1, 0.15) is 62.4 Å². The predicted molar refractivity (Wildman–Crippen MR) is 130 cm³/mol. The van der Waals surface area contributed by atoms with Gasteiger partial charge in [-0.15, -0.1) is 0 Å². The van der Waals surface area contributed by atoms with Crippen molar-refractivity contribution < 1.29 is 36.6 Å². The number of amides is 2. The van der Waals surface area contributed by atoms with Crippen LogP contribution >= 0.6 is 0 Å². The topological polar surface area (TPSA) is 112 Å². The molecule has 3 heterocycles. The third-order valence-corrected chi connectivity index (χ3v) is 8.19. The number of hydrogen-bond acceptors (Lipinski definition) is 5. The fourth-order valence-corrected chi connectivity index (χ4v) is 5.75. The summed E-state index contributed by atoms with van der Waals surface area (Å²) < 4.78 is 69.1. The molecule has 2 aromatic rings. The van der Waals surface area contributed by atoms with Crippen molar-refractivity contribution >= 4 is 23.3 Å². The van der Waals surface area contributed by atoms with E-state index in [1.54, 1.807) is 6.07 Å². The average molecular weight is 559 g/mol. The Kier molecular flexibility index (Phi) is 7.08. The summed E-state index contributed by atoms with van der Waals surface area (Å²) in [5, 5.41) is 18.9. The minimum atomic E-state index is -4.43. The number of imidazole rings is 1. The summed E-state index contributed by atoms with van der Waals surface area (Å²) >= 11 is 0. The number of carbonyl (C=O) groups is 2. The number of carboxylic acid groups (broad SMARTS) is 1. The first kappa shape index (κ1) is 27.4. The molecule has 0 radical (unpaired) electrons. The van der Waals surface area contributed by atoms with E-state index in [0.717, 1.165) is 12.8 Å². The molecular formula is C25H31F5N6O3. The van der Waals surface area contributed by atoms with Crippen molar-refractivity contribution in [2.45, 2.75) is 75.5 Å². The van der Waals surface area contributed by atoms with E-state index in [0.29, 0.717) is 22.7 Å². The van der Waals surface area contributed by atoms with Gasteiger partial charge in [0.25, 0.3) is 0 Å². The minimum absolute atomic E-state index is 0.0111. The molecule has 2 aliphatic carbocycles. The highest BCUT2D eigenvalue weighted by Gasteiger charge is 2.45. The van der Waals surface area contributed by atoms with E-state index in [1.165, 1.54) is 10.7 Å². The van der Waals surface area contributed by atoms with Crippen LogP contribution in [-0.2, 0) is 11.2 Å². The summed E-state index contributed by atoms with van der Waals surface area (Å²) in [5.41, 5.74) is 1.79. The number of nitrogens with one attached hydrogen (secondary N) is 2. The molecule has 2 amide bonds. The van der Waals surface area contributed by atoms with Gasteiger partial charge in [-0.3, -0.25) is 4.79 Å². The molecule has 3 N–H and O–H groups in total. The number of fused-ring (bicyclic) bond motifs is 1. The Morgan fingerprint density at radius 2 is 1.97 bits per heavy atom. The molecule has 14 heteroatoms. The lowest BCUT2D eigenvalue weighted by Gasteiger charge is -2.32. The minimum Gasteiger partial charge on any atom is -0.465 e. The van der Waals surface area contributed by atoms with Crippen molar-refractivity contribution in [2.24, 2.45) is 17.8 Å². The maximum absolute atomic E-state index is 13.8. The number of carbonyl (C=O) groups excluding carboxylic acids is 1. The van der Waals surface area contributed by atoms with Gasteiger partial charge in [-0.05, 0) is 38.0 Å². The monoisotopic (exact) mass is 558 g/mol. The lowest BCUT2D eigenvalue weighted by atomic mass is 9.81. The van der Waals surface area contributed by atoms with Gasteiger partial charge in [-0.25, -0.2) is 23.1 Å². The summed E-state index contributed by atoms with van der Waals surface area (Å²) in [6.45, 7) is -0.448. The Balaban J connectivity index is 1.48. The smallest absolute Gasteiger partial charge is 0.405 e. The molecule has 3 fully saturated rings. The highest BCUT2D eigenvalue weighted by molar-refractivity contribution is 5.80. The fraction of sp³-hybridized carbons (Fsp3) is 0.680. The molecule has 1 unspecified atom stereocenters. The quantitative estimate of drug-likeness (QED) is 0.437. The van der Waals surface area contributed by atoms with E-state index in [-0.39, 0.29) is 50.5 Å². The van der Waals surface area contributed by atoms with Crippen LogP contribution in [0.15, 0.2) is 12.3 Å². The van der Waals surface area contributed by atoms with E-state index >= 15 is 0 Å². The molecule has 0 bridgehead atoms. The second-order valence-electron chi connectivity index (χ2n) is 11.0. The Bertz CT molecular complexity index is 1240. The maximum atomic E-state index is 13.8. The lowest BCUT2D eigenvalue weighted by molar-refractivity contribution is -0.183. The molecule has 2 saturated carbocycles. The molecule has 3 aliphatic rings. The molecule has 39 heavy (non-hydrogen) atoms. The van der Waals surface area contributed by atoms with Crippen LogP contribution in [0.4, 0.5) is 32.4 Å². The van der Waals surface area contributed by atoms with Crippen LogP contribution in [-0.4, -0.2) is 63.4 Å². The van der Waals surface area contributed by atoms with Gasteiger partial charge in [0, 0.05) is 50.9 Å². The Hall–Kier alpha value is -3.19. The molecule has 1 aliphatic heterocycles. The van der Waals surface area contributed by atoms with Gasteiger partial charge in [0.1, 0.15) is 0 Å². The van der Waals surface area contributed by atoms with Gasteiger partial charge >= 0.3 is 12.3 Å². The van der Waals surface area contributed by atoms with E-state index in [9.17, 15) is 36.6 Å². The highest BCUT2D eigenvalue weighted by atomic mass is 19.4. The van der Waals surface area contributed by atoms with Gasteiger partial charge in [0.15, 0.2) is 5.65 Å². The average Bonchev–Trinajstić information content (AvgIpc) is 3.62. The first-order chi connectivity index (χ1) is 18.3. The van der Waals surface area contributed by atoms with Gasteiger partial charge in [-0.1, -0.05) is 0 Å². The van der Waals surface area contributed by atoms with Crippen molar-refractivity contribution in [1.29, 1.82) is 0 Å². The second kappa shape index (κ2) is 10.1. The third kappa shape index (κ3) is 6.03. The third-order valence-electron chi connectivity index (χ3n) is 8.19. The molecule has 214 valence electrons. The maximum Gasteiger partial charge on any atom is 0.405 e. The van der Waals surface area contributed by atoms with E-state index < -0.39 is 48.5 Å². The molecule has 0 aromatic carbocycles.